The zero-order valence-electron chi connectivity index (χ0n) is 14.3. The van der Waals surface area contributed by atoms with Gasteiger partial charge in [-0.1, -0.05) is 20.8 Å². The summed E-state index contributed by atoms with van der Waals surface area (Å²) in [4.78, 5) is 6.08. The molecule has 0 saturated carbocycles. The van der Waals surface area contributed by atoms with Crippen LogP contribution < -0.4 is 4.74 Å². The van der Waals surface area contributed by atoms with Crippen LogP contribution in [0.2, 0.25) is 0 Å². The Morgan fingerprint density at radius 1 is 1.32 bits per heavy atom. The van der Waals surface area contributed by atoms with Crippen LogP contribution in [0, 0.1) is 5.41 Å². The highest BCUT2D eigenvalue weighted by molar-refractivity contribution is 5.84. The molecule has 1 aliphatic rings. The van der Waals surface area contributed by atoms with Crippen molar-refractivity contribution in [1.29, 1.82) is 0 Å². The first kappa shape index (κ1) is 15.4. The lowest BCUT2D eigenvalue weighted by Gasteiger charge is -2.31. The second kappa shape index (κ2) is 5.96. The molecule has 2 heterocycles. The molecule has 0 radical (unpaired) electrons. The minimum Gasteiger partial charge on any atom is -0.497 e. The Bertz CT molecular complexity index is 638. The second-order valence-corrected chi connectivity index (χ2v) is 7.76. The van der Waals surface area contributed by atoms with E-state index < -0.39 is 0 Å². The molecule has 2 aromatic rings. The Labute approximate surface area is 133 Å². The van der Waals surface area contributed by atoms with Gasteiger partial charge in [0.1, 0.15) is 5.75 Å². The predicted octanol–water partition coefficient (Wildman–Crippen LogP) is 4.23. The summed E-state index contributed by atoms with van der Waals surface area (Å²) in [7, 11) is 1.73. The van der Waals surface area contributed by atoms with Gasteiger partial charge in [-0.3, -0.25) is 4.90 Å². The molecule has 0 unspecified atom stereocenters. The number of rotatable bonds is 4. The number of H-pyrrole nitrogens is 1. The van der Waals surface area contributed by atoms with E-state index in [4.69, 9.17) is 4.74 Å². The highest BCUT2D eigenvalue weighted by atomic mass is 16.5. The first-order chi connectivity index (χ1) is 10.5. The maximum Gasteiger partial charge on any atom is 0.119 e. The van der Waals surface area contributed by atoms with Crippen LogP contribution in [-0.2, 0) is 6.42 Å². The number of nitrogens with one attached hydrogen (secondary N) is 1. The molecule has 0 spiro atoms. The van der Waals surface area contributed by atoms with E-state index in [2.05, 4.69) is 49.0 Å². The average Bonchev–Trinajstić information content (AvgIpc) is 3.05. The van der Waals surface area contributed by atoms with Gasteiger partial charge in [0, 0.05) is 29.7 Å². The summed E-state index contributed by atoms with van der Waals surface area (Å²) < 4.78 is 5.38. The average molecular weight is 300 g/mol. The first-order valence-corrected chi connectivity index (χ1v) is 8.34. The third kappa shape index (κ3) is 3.30. The number of fused-ring (bicyclic) bond motifs is 1. The van der Waals surface area contributed by atoms with E-state index in [-0.39, 0.29) is 0 Å². The highest BCUT2D eigenvalue weighted by Gasteiger charge is 2.28. The van der Waals surface area contributed by atoms with Gasteiger partial charge in [0.05, 0.1) is 7.11 Å². The van der Waals surface area contributed by atoms with Gasteiger partial charge in [-0.2, -0.15) is 0 Å². The largest absolute Gasteiger partial charge is 0.497 e. The molecule has 1 aromatic carbocycles. The maximum absolute atomic E-state index is 5.38. The smallest absolute Gasteiger partial charge is 0.119 e. The molecule has 120 valence electrons. The Kier molecular flexibility index (Phi) is 4.18. The Morgan fingerprint density at radius 2 is 2.14 bits per heavy atom. The standard InChI is InChI=1S/C19H28N2O/c1-19(2,3)13-21-9-5-6-15(21)10-14-12-20-18-8-7-16(22-4)11-17(14)18/h7-8,11-12,15,20H,5-6,9-10,13H2,1-4H3/t15-/m1/s1. The van der Waals surface area contributed by atoms with E-state index in [0.29, 0.717) is 11.5 Å². The summed E-state index contributed by atoms with van der Waals surface area (Å²) >= 11 is 0. The molecule has 0 aliphatic carbocycles. The van der Waals surface area contributed by atoms with Crippen LogP contribution in [0.25, 0.3) is 10.9 Å². The normalized spacial score (nSPS) is 19.9. The van der Waals surface area contributed by atoms with Gasteiger partial charge in [0.15, 0.2) is 0 Å². The summed E-state index contributed by atoms with van der Waals surface area (Å²) in [6.45, 7) is 9.42. The molecule has 1 aliphatic heterocycles. The fourth-order valence-electron chi connectivity index (χ4n) is 3.65. The molecule has 0 bridgehead atoms. The monoisotopic (exact) mass is 300 g/mol. The van der Waals surface area contributed by atoms with Crippen molar-refractivity contribution in [2.45, 2.75) is 46.1 Å². The number of nitrogens with zero attached hydrogens (tertiary/aromatic N) is 1. The SMILES string of the molecule is COc1ccc2[nH]cc(C[C@H]3CCCN3CC(C)(C)C)c2c1. The van der Waals surface area contributed by atoms with E-state index in [1.807, 2.05) is 6.07 Å². The first-order valence-electron chi connectivity index (χ1n) is 8.34. The van der Waals surface area contributed by atoms with E-state index in [9.17, 15) is 0 Å². The summed E-state index contributed by atoms with van der Waals surface area (Å²) in [6.07, 6.45) is 5.94. The van der Waals surface area contributed by atoms with Crippen LogP contribution in [0.4, 0.5) is 0 Å². The summed E-state index contributed by atoms with van der Waals surface area (Å²) in [5.41, 5.74) is 2.99. The lowest BCUT2D eigenvalue weighted by molar-refractivity contribution is 0.177. The van der Waals surface area contributed by atoms with Crippen molar-refractivity contribution in [3.05, 3.63) is 30.0 Å². The number of ether oxygens (including phenoxy) is 1. The zero-order chi connectivity index (χ0) is 15.7. The molecule has 22 heavy (non-hydrogen) atoms. The number of methoxy groups -OCH3 is 1. The van der Waals surface area contributed by atoms with E-state index in [1.54, 1.807) is 7.11 Å². The molecular formula is C19H28N2O. The van der Waals surface area contributed by atoms with Crippen molar-refractivity contribution in [2.75, 3.05) is 20.2 Å². The third-order valence-corrected chi connectivity index (χ3v) is 4.61. The number of hydrogen-bond acceptors (Lipinski definition) is 2. The molecule has 3 rings (SSSR count). The van der Waals surface area contributed by atoms with Crippen molar-refractivity contribution >= 4 is 10.9 Å². The fourth-order valence-corrected chi connectivity index (χ4v) is 3.65. The highest BCUT2D eigenvalue weighted by Crippen LogP contribution is 2.29. The van der Waals surface area contributed by atoms with Crippen LogP contribution in [-0.4, -0.2) is 36.1 Å². The van der Waals surface area contributed by atoms with Gasteiger partial charge >= 0.3 is 0 Å². The molecule has 1 aromatic heterocycles. The Hall–Kier alpha value is -1.48. The van der Waals surface area contributed by atoms with Gasteiger partial charge in [0.25, 0.3) is 0 Å². The van der Waals surface area contributed by atoms with E-state index in [1.165, 1.54) is 42.4 Å². The van der Waals surface area contributed by atoms with Crippen molar-refractivity contribution < 1.29 is 4.74 Å². The van der Waals surface area contributed by atoms with Crippen molar-refractivity contribution in [3.8, 4) is 5.75 Å². The minimum absolute atomic E-state index is 0.367. The lowest BCUT2D eigenvalue weighted by atomic mass is 9.95. The van der Waals surface area contributed by atoms with Crippen LogP contribution in [0.5, 0.6) is 5.75 Å². The number of likely N-dealkylation sites (tertiary alicyclic amines) is 1. The molecule has 0 amide bonds. The molecule has 1 fully saturated rings. The van der Waals surface area contributed by atoms with Gasteiger partial charge in [-0.05, 0) is 55.0 Å². The molecular weight excluding hydrogens is 272 g/mol. The quantitative estimate of drug-likeness (QED) is 0.915. The number of aromatic amines is 1. The molecule has 1 N–H and O–H groups in total. The third-order valence-electron chi connectivity index (χ3n) is 4.61. The Morgan fingerprint density at radius 3 is 2.86 bits per heavy atom. The van der Waals surface area contributed by atoms with Crippen LogP contribution >= 0.6 is 0 Å². The van der Waals surface area contributed by atoms with Gasteiger partial charge in [-0.25, -0.2) is 0 Å². The van der Waals surface area contributed by atoms with E-state index in [0.717, 1.165) is 12.2 Å². The molecule has 1 saturated heterocycles. The summed E-state index contributed by atoms with van der Waals surface area (Å²) in [6, 6.07) is 6.96. The Balaban J connectivity index is 1.80. The molecule has 3 heteroatoms. The number of benzene rings is 1. The van der Waals surface area contributed by atoms with Crippen molar-refractivity contribution in [2.24, 2.45) is 5.41 Å². The summed E-state index contributed by atoms with van der Waals surface area (Å²) in [5.74, 6) is 0.936. The van der Waals surface area contributed by atoms with Gasteiger partial charge < -0.3 is 9.72 Å². The van der Waals surface area contributed by atoms with Gasteiger partial charge in [0.2, 0.25) is 0 Å². The minimum atomic E-state index is 0.367. The second-order valence-electron chi connectivity index (χ2n) is 7.76. The van der Waals surface area contributed by atoms with E-state index >= 15 is 0 Å². The summed E-state index contributed by atoms with van der Waals surface area (Å²) in [5, 5.41) is 1.31. The lowest BCUT2D eigenvalue weighted by Crippen LogP contribution is -2.37. The number of hydrogen-bond donors (Lipinski definition) is 1. The molecule has 1 atom stereocenters. The zero-order valence-corrected chi connectivity index (χ0v) is 14.3. The van der Waals surface area contributed by atoms with Crippen molar-refractivity contribution in [1.82, 2.24) is 9.88 Å². The topological polar surface area (TPSA) is 28.3 Å². The van der Waals surface area contributed by atoms with Crippen LogP contribution in [0.3, 0.4) is 0 Å². The van der Waals surface area contributed by atoms with Crippen LogP contribution in [0.1, 0.15) is 39.2 Å². The van der Waals surface area contributed by atoms with Gasteiger partial charge in [-0.15, -0.1) is 0 Å². The maximum atomic E-state index is 5.38. The predicted molar refractivity (Wildman–Crippen MR) is 92.6 cm³/mol. The van der Waals surface area contributed by atoms with Crippen LogP contribution in [0.15, 0.2) is 24.4 Å². The fraction of sp³-hybridized carbons (Fsp3) is 0.579. The van der Waals surface area contributed by atoms with Crippen molar-refractivity contribution in [3.63, 3.8) is 0 Å². The number of aromatic nitrogens is 1. The molecule has 3 nitrogen and oxygen atoms in total.